The number of hydrogen-bond acceptors (Lipinski definition) is 2. The third-order valence-corrected chi connectivity index (χ3v) is 8.05. The van der Waals surface area contributed by atoms with Crippen LogP contribution in [0.2, 0.25) is 0 Å². The van der Waals surface area contributed by atoms with Crippen molar-refractivity contribution in [2.45, 2.75) is 77.7 Å². The van der Waals surface area contributed by atoms with Gasteiger partial charge in [-0.3, -0.25) is 0 Å². The lowest BCUT2D eigenvalue weighted by Crippen LogP contribution is -2.51. The number of hydrogen-bond donors (Lipinski definition) is 2. The zero-order valence-electron chi connectivity index (χ0n) is 13.6. The van der Waals surface area contributed by atoms with Crippen LogP contribution in [0.4, 0.5) is 0 Å². The minimum atomic E-state index is -0.116. The van der Waals surface area contributed by atoms with Crippen LogP contribution < -0.4 is 0 Å². The molecule has 6 atom stereocenters. The first kappa shape index (κ1) is 14.1. The topological polar surface area (TPSA) is 40.5 Å². The minimum Gasteiger partial charge on any atom is -0.512 e. The zero-order valence-corrected chi connectivity index (χ0v) is 13.6. The SMILES string of the molecule is C[C@]12CC[C@H]3[C@@H](CC(O)=C4CCCC[C@@]43C)[C@@H]1CC[C@H]2O. The maximum atomic E-state index is 10.7. The van der Waals surface area contributed by atoms with E-state index in [0.29, 0.717) is 11.8 Å². The Balaban J connectivity index is 1.74. The summed E-state index contributed by atoms with van der Waals surface area (Å²) in [5, 5.41) is 21.2. The van der Waals surface area contributed by atoms with Gasteiger partial charge in [0, 0.05) is 6.42 Å². The van der Waals surface area contributed by atoms with E-state index in [9.17, 15) is 10.2 Å². The Bertz CT molecular complexity index is 482. The van der Waals surface area contributed by atoms with Gasteiger partial charge in [-0.2, -0.15) is 0 Å². The maximum absolute atomic E-state index is 10.7. The number of aliphatic hydroxyl groups is 2. The molecule has 0 aromatic heterocycles. The third kappa shape index (κ3) is 1.75. The van der Waals surface area contributed by atoms with Crippen molar-refractivity contribution >= 4 is 0 Å². The Labute approximate surface area is 128 Å². The molecule has 4 aliphatic rings. The molecule has 0 heterocycles. The molecule has 4 rings (SSSR count). The number of fused-ring (bicyclic) bond motifs is 5. The van der Waals surface area contributed by atoms with Crippen molar-refractivity contribution in [2.75, 3.05) is 0 Å². The summed E-state index contributed by atoms with van der Waals surface area (Å²) < 4.78 is 0. The molecule has 3 fully saturated rings. The fraction of sp³-hybridized carbons (Fsp3) is 0.895. The quantitative estimate of drug-likeness (QED) is 0.685. The Kier molecular flexibility index (Phi) is 3.03. The summed E-state index contributed by atoms with van der Waals surface area (Å²) in [5.41, 5.74) is 1.77. The van der Waals surface area contributed by atoms with Gasteiger partial charge < -0.3 is 10.2 Å². The summed E-state index contributed by atoms with van der Waals surface area (Å²) in [6.45, 7) is 4.74. The number of rotatable bonds is 0. The summed E-state index contributed by atoms with van der Waals surface area (Å²) in [4.78, 5) is 0. The molecule has 0 aromatic carbocycles. The van der Waals surface area contributed by atoms with Crippen molar-refractivity contribution in [3.05, 3.63) is 11.3 Å². The normalized spacial score (nSPS) is 53.1. The first-order chi connectivity index (χ1) is 9.97. The van der Waals surface area contributed by atoms with Gasteiger partial charge in [0.25, 0.3) is 0 Å². The molecule has 4 aliphatic carbocycles. The highest BCUT2D eigenvalue weighted by atomic mass is 16.3. The molecule has 0 spiro atoms. The number of aliphatic hydroxyl groups excluding tert-OH is 2. The highest BCUT2D eigenvalue weighted by Gasteiger charge is 2.59. The molecule has 0 saturated heterocycles. The second-order valence-electron chi connectivity index (χ2n) is 8.77. The monoisotopic (exact) mass is 290 g/mol. The van der Waals surface area contributed by atoms with Gasteiger partial charge in [0.05, 0.1) is 11.9 Å². The maximum Gasteiger partial charge on any atom is 0.0923 e. The van der Waals surface area contributed by atoms with Crippen LogP contribution in [-0.4, -0.2) is 16.3 Å². The fourth-order valence-corrected chi connectivity index (χ4v) is 6.80. The van der Waals surface area contributed by atoms with Crippen LogP contribution in [0, 0.1) is 28.6 Å². The summed E-state index contributed by atoms with van der Waals surface area (Å²) in [5.74, 6) is 2.69. The molecule has 2 N–H and O–H groups in total. The summed E-state index contributed by atoms with van der Waals surface area (Å²) >= 11 is 0. The summed E-state index contributed by atoms with van der Waals surface area (Å²) in [7, 11) is 0. The molecule has 0 unspecified atom stereocenters. The van der Waals surface area contributed by atoms with Gasteiger partial charge in [-0.25, -0.2) is 0 Å². The molecular weight excluding hydrogens is 260 g/mol. The molecule has 2 heteroatoms. The zero-order chi connectivity index (χ0) is 14.8. The van der Waals surface area contributed by atoms with Gasteiger partial charge in [0.15, 0.2) is 0 Å². The van der Waals surface area contributed by atoms with Crippen LogP contribution in [-0.2, 0) is 0 Å². The molecule has 2 nitrogen and oxygen atoms in total. The van der Waals surface area contributed by atoms with Crippen LogP contribution in [0.15, 0.2) is 11.3 Å². The van der Waals surface area contributed by atoms with E-state index in [0.717, 1.165) is 37.4 Å². The standard InChI is InChI=1S/C19H30O2/c1-18-9-4-3-5-15(18)16(20)11-12-13-6-7-17(21)19(13,2)10-8-14(12)18/h12-14,17,20-21H,3-11H2,1-2H3/t12-,13-,14-,17+,18+,19-/m0/s1. The van der Waals surface area contributed by atoms with Crippen molar-refractivity contribution in [3.63, 3.8) is 0 Å². The van der Waals surface area contributed by atoms with Crippen molar-refractivity contribution in [1.82, 2.24) is 0 Å². The fourth-order valence-electron chi connectivity index (χ4n) is 6.80. The second-order valence-corrected chi connectivity index (χ2v) is 8.77. The van der Waals surface area contributed by atoms with Crippen molar-refractivity contribution < 1.29 is 10.2 Å². The predicted molar refractivity (Wildman–Crippen MR) is 83.9 cm³/mol. The number of allylic oxidation sites excluding steroid dienone is 2. The molecule has 3 saturated carbocycles. The Hall–Kier alpha value is -0.500. The highest BCUT2D eigenvalue weighted by Crippen LogP contribution is 2.65. The molecule has 0 bridgehead atoms. The predicted octanol–water partition coefficient (Wildman–Crippen LogP) is 4.59. The Morgan fingerprint density at radius 2 is 1.81 bits per heavy atom. The van der Waals surface area contributed by atoms with Crippen LogP contribution in [0.1, 0.15) is 71.6 Å². The van der Waals surface area contributed by atoms with Crippen LogP contribution in [0.25, 0.3) is 0 Å². The Morgan fingerprint density at radius 3 is 2.62 bits per heavy atom. The van der Waals surface area contributed by atoms with E-state index >= 15 is 0 Å². The molecule has 0 amide bonds. The van der Waals surface area contributed by atoms with Gasteiger partial charge in [-0.05, 0) is 79.1 Å². The van der Waals surface area contributed by atoms with Gasteiger partial charge >= 0.3 is 0 Å². The van der Waals surface area contributed by atoms with Gasteiger partial charge in [0.1, 0.15) is 0 Å². The van der Waals surface area contributed by atoms with Crippen LogP contribution in [0.3, 0.4) is 0 Å². The molecule has 118 valence electrons. The molecule has 0 aromatic rings. The lowest BCUT2D eigenvalue weighted by Gasteiger charge is -2.57. The molecular formula is C19H30O2. The average Bonchev–Trinajstić information content (AvgIpc) is 2.75. The third-order valence-electron chi connectivity index (χ3n) is 8.05. The van der Waals surface area contributed by atoms with E-state index in [4.69, 9.17) is 0 Å². The lowest BCUT2D eigenvalue weighted by atomic mass is 9.48. The van der Waals surface area contributed by atoms with E-state index in [-0.39, 0.29) is 16.9 Å². The van der Waals surface area contributed by atoms with Gasteiger partial charge in [-0.15, -0.1) is 0 Å². The molecule has 0 aliphatic heterocycles. The van der Waals surface area contributed by atoms with Gasteiger partial charge in [0.2, 0.25) is 0 Å². The highest BCUT2D eigenvalue weighted by molar-refractivity contribution is 5.27. The van der Waals surface area contributed by atoms with Crippen molar-refractivity contribution in [2.24, 2.45) is 28.6 Å². The summed E-state index contributed by atoms with van der Waals surface area (Å²) in [6, 6.07) is 0. The van der Waals surface area contributed by atoms with E-state index in [1.165, 1.54) is 37.7 Å². The Morgan fingerprint density at radius 1 is 1.00 bits per heavy atom. The average molecular weight is 290 g/mol. The second kappa shape index (κ2) is 4.50. The first-order valence-electron chi connectivity index (χ1n) is 9.06. The van der Waals surface area contributed by atoms with Crippen molar-refractivity contribution in [1.29, 1.82) is 0 Å². The van der Waals surface area contributed by atoms with Crippen molar-refractivity contribution in [3.8, 4) is 0 Å². The van der Waals surface area contributed by atoms with E-state index in [1.54, 1.807) is 0 Å². The molecule has 0 radical (unpaired) electrons. The smallest absolute Gasteiger partial charge is 0.0923 e. The van der Waals surface area contributed by atoms with E-state index in [2.05, 4.69) is 13.8 Å². The van der Waals surface area contributed by atoms with Crippen LogP contribution in [0.5, 0.6) is 0 Å². The van der Waals surface area contributed by atoms with E-state index < -0.39 is 0 Å². The van der Waals surface area contributed by atoms with Crippen LogP contribution >= 0.6 is 0 Å². The van der Waals surface area contributed by atoms with Gasteiger partial charge in [-0.1, -0.05) is 20.3 Å². The summed E-state index contributed by atoms with van der Waals surface area (Å²) in [6.07, 6.45) is 10.3. The van der Waals surface area contributed by atoms with E-state index in [1.807, 2.05) is 0 Å². The lowest BCUT2D eigenvalue weighted by molar-refractivity contribution is -0.0731. The molecule has 21 heavy (non-hydrogen) atoms. The first-order valence-corrected chi connectivity index (χ1v) is 9.06. The minimum absolute atomic E-state index is 0.115. The largest absolute Gasteiger partial charge is 0.512 e.